The third kappa shape index (κ3) is 2.48. The third-order valence-corrected chi connectivity index (χ3v) is 2.56. The van der Waals surface area contributed by atoms with E-state index in [1.165, 1.54) is 19.6 Å². The molecule has 0 fully saturated rings. The van der Waals surface area contributed by atoms with Crippen molar-refractivity contribution in [2.45, 2.75) is 6.92 Å². The van der Waals surface area contributed by atoms with E-state index < -0.39 is 4.92 Å². The van der Waals surface area contributed by atoms with Gasteiger partial charge in [0.25, 0.3) is 0 Å². The molecule has 0 aromatic carbocycles. The van der Waals surface area contributed by atoms with E-state index >= 15 is 0 Å². The summed E-state index contributed by atoms with van der Waals surface area (Å²) in [7, 11) is 1.47. The van der Waals surface area contributed by atoms with Crippen molar-refractivity contribution in [2.24, 2.45) is 0 Å². The number of ether oxygens (including phenoxy) is 1. The van der Waals surface area contributed by atoms with E-state index in [-0.39, 0.29) is 17.2 Å². The van der Waals surface area contributed by atoms with Crippen LogP contribution in [0.4, 0.5) is 11.5 Å². The fourth-order valence-electron chi connectivity index (χ4n) is 1.75. The van der Waals surface area contributed by atoms with Gasteiger partial charge in [-0.3, -0.25) is 15.1 Å². The number of pyridine rings is 1. The highest BCUT2D eigenvalue weighted by Crippen LogP contribution is 2.35. The van der Waals surface area contributed by atoms with Crippen molar-refractivity contribution in [2.75, 3.05) is 19.0 Å². The highest BCUT2D eigenvalue weighted by Gasteiger charge is 2.26. The van der Waals surface area contributed by atoms with E-state index in [0.717, 1.165) is 0 Å². The number of hydrogen-bond acceptors (Lipinski definition) is 7. The fourth-order valence-corrected chi connectivity index (χ4v) is 1.75. The van der Waals surface area contributed by atoms with E-state index in [9.17, 15) is 10.1 Å². The maximum Gasteiger partial charge on any atom is 0.339 e. The topological polar surface area (TPSA) is 103 Å². The van der Waals surface area contributed by atoms with Gasteiger partial charge in [0.05, 0.1) is 12.0 Å². The lowest BCUT2D eigenvalue weighted by Gasteiger charge is -2.09. The van der Waals surface area contributed by atoms with E-state index in [1.807, 2.05) is 6.92 Å². The summed E-state index contributed by atoms with van der Waals surface area (Å²) in [6, 6.07) is 3.35. The Bertz CT molecular complexity index is 632. The number of hydrogen-bond donors (Lipinski definition) is 1. The van der Waals surface area contributed by atoms with E-state index in [2.05, 4.69) is 20.3 Å². The average Bonchev–Trinajstić information content (AvgIpc) is 2.47. The van der Waals surface area contributed by atoms with Crippen LogP contribution in [-0.2, 0) is 0 Å². The molecule has 0 saturated carbocycles. The largest absolute Gasteiger partial charge is 0.494 e. The van der Waals surface area contributed by atoms with Crippen LogP contribution in [0.1, 0.15) is 6.92 Å². The molecule has 0 amide bonds. The molecule has 0 saturated heterocycles. The van der Waals surface area contributed by atoms with Crippen LogP contribution >= 0.6 is 0 Å². The van der Waals surface area contributed by atoms with E-state index in [1.54, 1.807) is 12.1 Å². The fraction of sp³-hybridized carbons (Fsp3) is 0.250. The monoisotopic (exact) mass is 275 g/mol. The zero-order valence-corrected chi connectivity index (χ0v) is 11.0. The number of rotatable bonds is 5. The van der Waals surface area contributed by atoms with Crippen molar-refractivity contribution in [3.63, 3.8) is 0 Å². The van der Waals surface area contributed by atoms with Crippen LogP contribution in [-0.4, -0.2) is 33.5 Å². The van der Waals surface area contributed by atoms with Gasteiger partial charge in [-0.25, -0.2) is 9.97 Å². The summed E-state index contributed by atoms with van der Waals surface area (Å²) in [6.07, 6.45) is 2.78. The first kappa shape index (κ1) is 13.7. The Morgan fingerprint density at radius 2 is 2.15 bits per heavy atom. The van der Waals surface area contributed by atoms with Gasteiger partial charge < -0.3 is 10.1 Å². The van der Waals surface area contributed by atoms with Gasteiger partial charge in [-0.05, 0) is 19.1 Å². The molecule has 0 spiro atoms. The Hall–Kier alpha value is -2.77. The van der Waals surface area contributed by atoms with Gasteiger partial charge >= 0.3 is 5.69 Å². The molecule has 104 valence electrons. The molecule has 2 heterocycles. The summed E-state index contributed by atoms with van der Waals surface area (Å²) in [5, 5.41) is 14.2. The van der Waals surface area contributed by atoms with Crippen LogP contribution in [0, 0.1) is 10.1 Å². The standard InChI is InChI=1S/C12H13N5O3/c1-3-13-12-11(17(18)19)10(15-7-16-12)9-8(20-2)5-4-6-14-9/h4-7H,3H2,1-2H3,(H,13,15,16). The summed E-state index contributed by atoms with van der Waals surface area (Å²) in [4.78, 5) is 22.8. The first-order valence-electron chi connectivity index (χ1n) is 5.91. The molecule has 8 heteroatoms. The Kier molecular flexibility index (Phi) is 4.04. The van der Waals surface area contributed by atoms with Gasteiger partial charge in [0.1, 0.15) is 17.8 Å². The molecule has 0 aliphatic rings. The van der Waals surface area contributed by atoms with Gasteiger partial charge in [0, 0.05) is 12.7 Å². The molecule has 0 aliphatic carbocycles. The quantitative estimate of drug-likeness (QED) is 0.656. The van der Waals surface area contributed by atoms with Crippen LogP contribution < -0.4 is 10.1 Å². The number of nitro groups is 1. The molecule has 0 aliphatic heterocycles. The minimum atomic E-state index is -0.526. The molecule has 0 unspecified atom stereocenters. The molecule has 0 bridgehead atoms. The average molecular weight is 275 g/mol. The van der Waals surface area contributed by atoms with Gasteiger partial charge in [-0.15, -0.1) is 0 Å². The lowest BCUT2D eigenvalue weighted by atomic mass is 10.2. The molecule has 2 aromatic heterocycles. The highest BCUT2D eigenvalue weighted by molar-refractivity contribution is 5.77. The number of aromatic nitrogens is 3. The Balaban J connectivity index is 2.67. The van der Waals surface area contributed by atoms with Crippen molar-refractivity contribution in [3.8, 4) is 17.1 Å². The number of methoxy groups -OCH3 is 1. The molecule has 8 nitrogen and oxygen atoms in total. The number of nitrogens with zero attached hydrogens (tertiary/aromatic N) is 4. The van der Waals surface area contributed by atoms with Crippen molar-refractivity contribution < 1.29 is 9.66 Å². The summed E-state index contributed by atoms with van der Waals surface area (Å²) < 4.78 is 5.17. The molecule has 2 aromatic rings. The summed E-state index contributed by atoms with van der Waals surface area (Å²) >= 11 is 0. The van der Waals surface area contributed by atoms with Crippen LogP contribution in [0.2, 0.25) is 0 Å². The molecular weight excluding hydrogens is 262 g/mol. The van der Waals surface area contributed by atoms with Gasteiger partial charge in [0.2, 0.25) is 5.82 Å². The molecule has 2 rings (SSSR count). The summed E-state index contributed by atoms with van der Waals surface area (Å²) in [5.41, 5.74) is 0.216. The second kappa shape index (κ2) is 5.91. The second-order valence-electron chi connectivity index (χ2n) is 3.76. The summed E-state index contributed by atoms with van der Waals surface area (Å²) in [5.74, 6) is 0.576. The Labute approximate surface area is 115 Å². The first-order valence-corrected chi connectivity index (χ1v) is 5.91. The van der Waals surface area contributed by atoms with Gasteiger partial charge in [-0.2, -0.15) is 0 Å². The predicted molar refractivity (Wildman–Crippen MR) is 72.6 cm³/mol. The SMILES string of the molecule is CCNc1ncnc(-c2ncccc2OC)c1[N+](=O)[O-]. The normalized spacial score (nSPS) is 10.1. The van der Waals surface area contributed by atoms with E-state index in [0.29, 0.717) is 18.0 Å². The summed E-state index contributed by atoms with van der Waals surface area (Å²) in [6.45, 7) is 2.34. The number of nitrogens with one attached hydrogen (secondary N) is 1. The van der Waals surface area contributed by atoms with Gasteiger partial charge in [-0.1, -0.05) is 0 Å². The minimum Gasteiger partial charge on any atom is -0.494 e. The Morgan fingerprint density at radius 1 is 1.35 bits per heavy atom. The molecular formula is C12H13N5O3. The van der Waals surface area contributed by atoms with Crippen molar-refractivity contribution in [1.29, 1.82) is 0 Å². The Morgan fingerprint density at radius 3 is 2.80 bits per heavy atom. The number of anilines is 1. The smallest absolute Gasteiger partial charge is 0.339 e. The maximum absolute atomic E-state index is 11.3. The zero-order chi connectivity index (χ0) is 14.5. The van der Waals surface area contributed by atoms with Gasteiger partial charge in [0.15, 0.2) is 5.69 Å². The zero-order valence-electron chi connectivity index (χ0n) is 11.0. The molecule has 1 N–H and O–H groups in total. The van der Waals surface area contributed by atoms with Crippen LogP contribution in [0.3, 0.4) is 0 Å². The van der Waals surface area contributed by atoms with E-state index in [4.69, 9.17) is 4.74 Å². The van der Waals surface area contributed by atoms with Crippen LogP contribution in [0.15, 0.2) is 24.7 Å². The molecule has 0 radical (unpaired) electrons. The highest BCUT2D eigenvalue weighted by atomic mass is 16.6. The molecule has 20 heavy (non-hydrogen) atoms. The van der Waals surface area contributed by atoms with Crippen molar-refractivity contribution >= 4 is 11.5 Å². The second-order valence-corrected chi connectivity index (χ2v) is 3.76. The van der Waals surface area contributed by atoms with Crippen molar-refractivity contribution in [3.05, 3.63) is 34.8 Å². The third-order valence-electron chi connectivity index (χ3n) is 2.56. The maximum atomic E-state index is 11.3. The predicted octanol–water partition coefficient (Wildman–Crippen LogP) is 1.89. The lowest BCUT2D eigenvalue weighted by molar-refractivity contribution is -0.383. The van der Waals surface area contributed by atoms with Crippen molar-refractivity contribution in [1.82, 2.24) is 15.0 Å². The minimum absolute atomic E-state index is 0.124. The van der Waals surface area contributed by atoms with Crippen LogP contribution in [0.5, 0.6) is 5.75 Å². The first-order chi connectivity index (χ1) is 9.69. The van der Waals surface area contributed by atoms with Crippen LogP contribution in [0.25, 0.3) is 11.4 Å². The lowest BCUT2D eigenvalue weighted by Crippen LogP contribution is -2.07. The molecule has 0 atom stereocenters.